The first-order valence-corrected chi connectivity index (χ1v) is 9.87. The second-order valence-corrected chi connectivity index (χ2v) is 7.48. The van der Waals surface area contributed by atoms with Crippen LogP contribution in [0.15, 0.2) is 52.4 Å². The van der Waals surface area contributed by atoms with Crippen LogP contribution < -0.4 is 0 Å². The van der Waals surface area contributed by atoms with E-state index in [0.29, 0.717) is 16.6 Å². The highest BCUT2D eigenvalue weighted by Gasteiger charge is 2.27. The molecule has 6 heteroatoms. The second kappa shape index (κ2) is 6.58. The number of aryl methyl sites for hydroxylation is 1. The number of hydrogen-bond donors (Lipinski definition) is 1. The van der Waals surface area contributed by atoms with Crippen LogP contribution in [0.3, 0.4) is 0 Å². The fourth-order valence-electron chi connectivity index (χ4n) is 3.26. The van der Waals surface area contributed by atoms with Gasteiger partial charge in [-0.3, -0.25) is 4.57 Å². The van der Waals surface area contributed by atoms with E-state index >= 15 is 0 Å². The van der Waals surface area contributed by atoms with Gasteiger partial charge in [0.25, 0.3) is 0 Å². The summed E-state index contributed by atoms with van der Waals surface area (Å²) < 4.78 is 1.99. The maximum atomic E-state index is 10.8. The monoisotopic (exact) mass is 383 g/mol. The SMILES string of the molecule is CSc1ccc2c(c1)C(c1ccccc1Cl)=NC(O)c1nc(C)c(C)n1-2. The fraction of sp³-hybridized carbons (Fsp3) is 0.200. The zero-order valence-electron chi connectivity index (χ0n) is 14.7. The Morgan fingerprint density at radius 1 is 1.12 bits per heavy atom. The predicted octanol–water partition coefficient (Wildman–Crippen LogP) is 4.71. The van der Waals surface area contributed by atoms with Crippen molar-refractivity contribution in [2.75, 3.05) is 6.26 Å². The first-order valence-electron chi connectivity index (χ1n) is 8.26. The van der Waals surface area contributed by atoms with Gasteiger partial charge in [-0.1, -0.05) is 29.8 Å². The van der Waals surface area contributed by atoms with Crippen LogP contribution in [0.25, 0.3) is 5.69 Å². The highest BCUT2D eigenvalue weighted by atomic mass is 35.5. The minimum absolute atomic E-state index is 0.528. The molecule has 0 radical (unpaired) electrons. The molecule has 4 rings (SSSR count). The topological polar surface area (TPSA) is 50.4 Å². The summed E-state index contributed by atoms with van der Waals surface area (Å²) in [4.78, 5) is 10.3. The fourth-order valence-corrected chi connectivity index (χ4v) is 3.92. The number of hydrogen-bond acceptors (Lipinski definition) is 4. The Labute approximate surface area is 161 Å². The average molecular weight is 384 g/mol. The molecule has 1 unspecified atom stereocenters. The molecule has 0 amide bonds. The van der Waals surface area contributed by atoms with Crippen LogP contribution in [0.5, 0.6) is 0 Å². The molecular weight excluding hydrogens is 366 g/mol. The van der Waals surface area contributed by atoms with Crippen molar-refractivity contribution >= 4 is 29.1 Å². The maximum Gasteiger partial charge on any atom is 0.205 e. The van der Waals surface area contributed by atoms with Crippen LogP contribution in [-0.4, -0.2) is 26.6 Å². The van der Waals surface area contributed by atoms with E-state index < -0.39 is 6.23 Å². The van der Waals surface area contributed by atoms with Crippen molar-refractivity contribution in [1.29, 1.82) is 0 Å². The molecule has 1 aromatic heterocycles. The van der Waals surface area contributed by atoms with Crippen LogP contribution in [0.2, 0.25) is 5.02 Å². The lowest BCUT2D eigenvalue weighted by molar-refractivity contribution is 0.177. The third kappa shape index (κ3) is 2.67. The summed E-state index contributed by atoms with van der Waals surface area (Å²) in [6.45, 7) is 3.95. The Hall–Kier alpha value is -2.08. The number of nitrogens with zero attached hydrogens (tertiary/aromatic N) is 3. The molecule has 132 valence electrons. The Morgan fingerprint density at radius 2 is 1.88 bits per heavy atom. The number of benzene rings is 2. The lowest BCUT2D eigenvalue weighted by Gasteiger charge is -2.15. The molecule has 26 heavy (non-hydrogen) atoms. The van der Waals surface area contributed by atoms with E-state index in [2.05, 4.69) is 28.2 Å². The molecule has 3 aromatic rings. The molecule has 0 bridgehead atoms. The van der Waals surface area contributed by atoms with Crippen molar-refractivity contribution in [2.45, 2.75) is 25.0 Å². The standard InChI is InChI=1S/C20H18ClN3OS/c1-11-12(2)24-17-9-8-13(26-3)10-15(17)18(23-20(25)19(24)22-11)14-6-4-5-7-16(14)21/h4-10,20,25H,1-3H3. The molecular formula is C20H18ClN3OS. The van der Waals surface area contributed by atoms with Gasteiger partial charge in [-0.05, 0) is 44.4 Å². The molecule has 0 saturated heterocycles. The van der Waals surface area contributed by atoms with Crippen molar-refractivity contribution < 1.29 is 5.11 Å². The van der Waals surface area contributed by atoms with Crippen molar-refractivity contribution in [3.8, 4) is 5.69 Å². The van der Waals surface area contributed by atoms with E-state index in [-0.39, 0.29) is 0 Å². The predicted molar refractivity (Wildman–Crippen MR) is 107 cm³/mol. The van der Waals surface area contributed by atoms with Crippen LogP contribution in [0.4, 0.5) is 0 Å². The van der Waals surface area contributed by atoms with Gasteiger partial charge in [0.05, 0.1) is 17.1 Å². The van der Waals surface area contributed by atoms with E-state index in [1.54, 1.807) is 11.8 Å². The summed E-state index contributed by atoms with van der Waals surface area (Å²) >= 11 is 8.12. The number of halogens is 1. The molecule has 1 aliphatic rings. The summed E-state index contributed by atoms with van der Waals surface area (Å²) in [5.74, 6) is 0.528. The normalized spacial score (nSPS) is 15.9. The maximum absolute atomic E-state index is 10.8. The van der Waals surface area contributed by atoms with Crippen molar-refractivity contribution in [1.82, 2.24) is 9.55 Å². The molecule has 0 spiro atoms. The summed E-state index contributed by atoms with van der Waals surface area (Å²) in [5, 5.41) is 11.4. The van der Waals surface area contributed by atoms with E-state index in [0.717, 1.165) is 33.1 Å². The first-order chi connectivity index (χ1) is 12.5. The molecule has 2 aromatic carbocycles. The van der Waals surface area contributed by atoms with Gasteiger partial charge in [-0.15, -0.1) is 11.8 Å². The first kappa shape index (κ1) is 17.3. The van der Waals surface area contributed by atoms with E-state index in [1.165, 1.54) is 0 Å². The quantitative estimate of drug-likeness (QED) is 0.652. The molecule has 1 atom stereocenters. The molecule has 0 saturated carbocycles. The largest absolute Gasteiger partial charge is 0.365 e. The number of aliphatic imine (C=N–C) groups is 1. The summed E-state index contributed by atoms with van der Waals surface area (Å²) in [6.07, 6.45) is 0.983. The van der Waals surface area contributed by atoms with Gasteiger partial charge >= 0.3 is 0 Å². The van der Waals surface area contributed by atoms with Crippen molar-refractivity contribution in [2.24, 2.45) is 4.99 Å². The minimum atomic E-state index is -1.06. The van der Waals surface area contributed by atoms with Crippen molar-refractivity contribution in [3.05, 3.63) is 75.8 Å². The molecule has 1 N–H and O–H groups in total. The van der Waals surface area contributed by atoms with Gasteiger partial charge in [0.2, 0.25) is 6.23 Å². The lowest BCUT2D eigenvalue weighted by atomic mass is 10.00. The number of aliphatic hydroxyl groups is 1. The highest BCUT2D eigenvalue weighted by Crippen LogP contribution is 2.34. The van der Waals surface area contributed by atoms with Gasteiger partial charge < -0.3 is 5.11 Å². The second-order valence-electron chi connectivity index (χ2n) is 6.19. The van der Waals surface area contributed by atoms with Crippen molar-refractivity contribution in [3.63, 3.8) is 0 Å². The number of fused-ring (bicyclic) bond motifs is 3. The van der Waals surface area contributed by atoms with E-state index in [4.69, 9.17) is 11.6 Å². The van der Waals surface area contributed by atoms with E-state index in [1.807, 2.05) is 48.9 Å². The average Bonchev–Trinajstić information content (AvgIpc) is 2.88. The Balaban J connectivity index is 2.07. The van der Waals surface area contributed by atoms with Crippen LogP contribution in [0.1, 0.15) is 34.6 Å². The molecule has 0 aliphatic carbocycles. The van der Waals surface area contributed by atoms with Crippen LogP contribution in [-0.2, 0) is 0 Å². The third-order valence-electron chi connectivity index (χ3n) is 4.68. The molecule has 4 nitrogen and oxygen atoms in total. The number of aliphatic hydroxyl groups excluding tert-OH is 1. The summed E-state index contributed by atoms with van der Waals surface area (Å²) in [7, 11) is 0. The smallest absolute Gasteiger partial charge is 0.205 e. The minimum Gasteiger partial charge on any atom is -0.365 e. The van der Waals surface area contributed by atoms with Gasteiger partial charge in [-0.2, -0.15) is 0 Å². The number of thioether (sulfide) groups is 1. The molecule has 1 aliphatic heterocycles. The lowest BCUT2D eigenvalue weighted by Crippen LogP contribution is -2.09. The number of aromatic nitrogens is 2. The summed E-state index contributed by atoms with van der Waals surface area (Å²) in [6, 6.07) is 13.8. The Bertz CT molecular complexity index is 1040. The van der Waals surface area contributed by atoms with Gasteiger partial charge in [0.15, 0.2) is 5.82 Å². The third-order valence-corrected chi connectivity index (χ3v) is 5.74. The zero-order valence-corrected chi connectivity index (χ0v) is 16.3. The number of rotatable bonds is 2. The van der Waals surface area contributed by atoms with Gasteiger partial charge in [-0.25, -0.2) is 9.98 Å². The van der Waals surface area contributed by atoms with E-state index in [9.17, 15) is 5.11 Å². The summed E-state index contributed by atoms with van der Waals surface area (Å²) in [5.41, 5.74) is 5.24. The molecule has 0 fully saturated rings. The Morgan fingerprint density at radius 3 is 2.62 bits per heavy atom. The Kier molecular flexibility index (Phi) is 4.39. The van der Waals surface area contributed by atoms with Crippen LogP contribution >= 0.6 is 23.4 Å². The van der Waals surface area contributed by atoms with Gasteiger partial charge in [0.1, 0.15) is 0 Å². The van der Waals surface area contributed by atoms with Crippen LogP contribution in [0, 0.1) is 13.8 Å². The zero-order chi connectivity index (χ0) is 18.4. The highest BCUT2D eigenvalue weighted by molar-refractivity contribution is 7.98. The molecule has 2 heterocycles. The number of imidazole rings is 1. The van der Waals surface area contributed by atoms with Gasteiger partial charge in [0, 0.05) is 26.7 Å².